The second-order valence-corrected chi connectivity index (χ2v) is 10.7. The number of fused-ring (bicyclic) bond motifs is 1. The Morgan fingerprint density at radius 1 is 1.10 bits per heavy atom. The van der Waals surface area contributed by atoms with Crippen LogP contribution >= 0.6 is 15.9 Å². The first-order valence-electron chi connectivity index (χ1n) is 10.1. The number of piperidine rings is 1. The molecule has 0 aliphatic carbocycles. The van der Waals surface area contributed by atoms with Crippen LogP contribution in [-0.4, -0.2) is 44.9 Å². The topological polar surface area (TPSA) is 66.9 Å². The fourth-order valence-electron chi connectivity index (χ4n) is 4.30. The van der Waals surface area contributed by atoms with Crippen LogP contribution in [0.3, 0.4) is 0 Å². The van der Waals surface area contributed by atoms with Crippen LogP contribution in [0.25, 0.3) is 0 Å². The third kappa shape index (κ3) is 3.76. The largest absolute Gasteiger partial charge is 0.495 e. The highest BCUT2D eigenvalue weighted by Gasteiger charge is 2.34. The number of nitrogens with zero attached hydrogens (tertiary/aromatic N) is 2. The molecule has 160 valence electrons. The molecule has 1 atom stereocenters. The van der Waals surface area contributed by atoms with Gasteiger partial charge in [-0.1, -0.05) is 22.4 Å². The van der Waals surface area contributed by atoms with Gasteiger partial charge in [-0.05, 0) is 68.1 Å². The van der Waals surface area contributed by atoms with Crippen molar-refractivity contribution < 1.29 is 17.9 Å². The number of carbonyl (C=O) groups excluding carboxylic acids is 1. The number of methoxy groups -OCH3 is 1. The van der Waals surface area contributed by atoms with Crippen LogP contribution in [0.5, 0.6) is 5.75 Å². The summed E-state index contributed by atoms with van der Waals surface area (Å²) in [7, 11) is -2.29. The molecular weight excluding hydrogens is 468 g/mol. The van der Waals surface area contributed by atoms with Gasteiger partial charge in [0.2, 0.25) is 10.0 Å². The molecule has 0 radical (unpaired) electrons. The Bertz CT molecular complexity index is 1080. The number of benzene rings is 2. The molecular formula is C22H25BrN2O4S. The van der Waals surface area contributed by atoms with Crippen molar-refractivity contribution in [3.05, 3.63) is 52.0 Å². The third-order valence-corrected chi connectivity index (χ3v) is 8.23. The highest BCUT2D eigenvalue weighted by Crippen LogP contribution is 2.36. The van der Waals surface area contributed by atoms with Gasteiger partial charge in [-0.25, -0.2) is 8.42 Å². The highest BCUT2D eigenvalue weighted by molar-refractivity contribution is 9.10. The van der Waals surface area contributed by atoms with E-state index in [-0.39, 0.29) is 22.6 Å². The SMILES string of the molecule is COc1ccc(C(=O)N2c3ccc(Br)cc3C[C@@H]2C)cc1S(=O)(=O)N1CCCCC1. The minimum atomic E-state index is -3.73. The molecule has 4 rings (SSSR count). The first kappa shape index (κ1) is 21.3. The minimum absolute atomic E-state index is 0.00828. The molecule has 2 aromatic rings. The van der Waals surface area contributed by atoms with Gasteiger partial charge in [-0.3, -0.25) is 4.79 Å². The molecule has 0 N–H and O–H groups in total. The van der Waals surface area contributed by atoms with E-state index < -0.39 is 10.0 Å². The summed E-state index contributed by atoms with van der Waals surface area (Å²) >= 11 is 3.48. The quantitative estimate of drug-likeness (QED) is 0.640. The molecule has 30 heavy (non-hydrogen) atoms. The molecule has 1 amide bonds. The number of amides is 1. The second-order valence-electron chi connectivity index (χ2n) is 7.83. The van der Waals surface area contributed by atoms with Gasteiger partial charge in [0.1, 0.15) is 10.6 Å². The van der Waals surface area contributed by atoms with E-state index in [1.54, 1.807) is 17.0 Å². The van der Waals surface area contributed by atoms with Crippen molar-refractivity contribution in [3.8, 4) is 5.75 Å². The predicted molar refractivity (Wildman–Crippen MR) is 120 cm³/mol. The predicted octanol–water partition coefficient (Wildman–Crippen LogP) is 4.22. The Morgan fingerprint density at radius 3 is 2.53 bits per heavy atom. The van der Waals surface area contributed by atoms with E-state index in [0.29, 0.717) is 18.7 Å². The second kappa shape index (κ2) is 8.32. The number of halogens is 1. The number of sulfonamides is 1. The van der Waals surface area contributed by atoms with Crippen LogP contribution in [0.4, 0.5) is 5.69 Å². The van der Waals surface area contributed by atoms with Crippen molar-refractivity contribution in [2.24, 2.45) is 0 Å². The maximum absolute atomic E-state index is 13.4. The molecule has 2 aliphatic heterocycles. The number of carbonyl (C=O) groups is 1. The van der Waals surface area contributed by atoms with E-state index in [0.717, 1.165) is 41.4 Å². The van der Waals surface area contributed by atoms with Crippen LogP contribution in [0, 0.1) is 0 Å². The zero-order chi connectivity index (χ0) is 21.5. The third-order valence-electron chi connectivity index (χ3n) is 5.82. The summed E-state index contributed by atoms with van der Waals surface area (Å²) in [6.45, 7) is 2.99. The Labute approximate surface area is 186 Å². The summed E-state index contributed by atoms with van der Waals surface area (Å²) in [5, 5.41) is 0. The van der Waals surface area contributed by atoms with E-state index in [4.69, 9.17) is 4.74 Å². The van der Waals surface area contributed by atoms with Crippen molar-refractivity contribution in [1.29, 1.82) is 0 Å². The number of anilines is 1. The van der Waals surface area contributed by atoms with Crippen molar-refractivity contribution in [2.75, 3.05) is 25.1 Å². The van der Waals surface area contributed by atoms with Crippen LogP contribution in [0.1, 0.15) is 42.1 Å². The fraction of sp³-hybridized carbons (Fsp3) is 0.409. The van der Waals surface area contributed by atoms with Crippen molar-refractivity contribution in [3.63, 3.8) is 0 Å². The summed E-state index contributed by atoms with van der Waals surface area (Å²) in [4.78, 5) is 15.2. The van der Waals surface area contributed by atoms with Gasteiger partial charge in [0.25, 0.3) is 5.91 Å². The monoisotopic (exact) mass is 492 g/mol. The first-order chi connectivity index (χ1) is 14.3. The van der Waals surface area contributed by atoms with Crippen molar-refractivity contribution in [1.82, 2.24) is 4.31 Å². The number of hydrogen-bond donors (Lipinski definition) is 0. The summed E-state index contributed by atoms with van der Waals surface area (Å²) in [5.41, 5.74) is 2.31. The summed E-state index contributed by atoms with van der Waals surface area (Å²) < 4.78 is 34.4. The van der Waals surface area contributed by atoms with Crippen LogP contribution in [0.2, 0.25) is 0 Å². The lowest BCUT2D eigenvalue weighted by Crippen LogP contribution is -2.37. The van der Waals surface area contributed by atoms with E-state index >= 15 is 0 Å². The maximum atomic E-state index is 13.4. The van der Waals surface area contributed by atoms with Crippen LogP contribution < -0.4 is 9.64 Å². The lowest BCUT2D eigenvalue weighted by molar-refractivity contribution is 0.0981. The van der Waals surface area contributed by atoms with Crippen molar-refractivity contribution >= 4 is 37.5 Å². The van der Waals surface area contributed by atoms with Crippen molar-refractivity contribution in [2.45, 2.75) is 43.5 Å². The van der Waals surface area contributed by atoms with Crippen LogP contribution in [0.15, 0.2) is 45.8 Å². The number of ether oxygens (including phenoxy) is 1. The molecule has 1 saturated heterocycles. The summed E-state index contributed by atoms with van der Waals surface area (Å²) in [6, 6.07) is 10.5. The molecule has 1 fully saturated rings. The van der Waals surface area contributed by atoms with E-state index in [2.05, 4.69) is 15.9 Å². The molecule has 6 nitrogen and oxygen atoms in total. The maximum Gasteiger partial charge on any atom is 0.258 e. The zero-order valence-corrected chi connectivity index (χ0v) is 19.5. The molecule has 0 unspecified atom stereocenters. The molecule has 8 heteroatoms. The normalized spacial score (nSPS) is 19.6. The molecule has 2 aromatic carbocycles. The Hall–Kier alpha value is -1.90. The minimum Gasteiger partial charge on any atom is -0.495 e. The Kier molecular flexibility index (Phi) is 5.92. The Balaban J connectivity index is 1.72. The van der Waals surface area contributed by atoms with Gasteiger partial charge >= 0.3 is 0 Å². The van der Waals surface area contributed by atoms with E-state index in [9.17, 15) is 13.2 Å². The summed E-state index contributed by atoms with van der Waals surface area (Å²) in [5.74, 6) is 0.0530. The molecule has 2 aliphatic rings. The van der Waals surface area contributed by atoms with Gasteiger partial charge in [-0.15, -0.1) is 0 Å². The molecule has 0 saturated carbocycles. The molecule has 0 spiro atoms. The lowest BCUT2D eigenvalue weighted by atomic mass is 10.1. The van der Waals surface area contributed by atoms with E-state index in [1.807, 2.05) is 25.1 Å². The number of rotatable bonds is 4. The zero-order valence-electron chi connectivity index (χ0n) is 17.1. The highest BCUT2D eigenvalue weighted by atomic mass is 79.9. The van der Waals surface area contributed by atoms with Gasteiger partial charge < -0.3 is 9.64 Å². The van der Waals surface area contributed by atoms with Gasteiger partial charge in [0, 0.05) is 34.9 Å². The molecule has 2 heterocycles. The average molecular weight is 493 g/mol. The average Bonchev–Trinajstić information content (AvgIpc) is 3.08. The molecule has 0 bridgehead atoms. The van der Waals surface area contributed by atoms with E-state index in [1.165, 1.54) is 17.5 Å². The number of hydrogen-bond acceptors (Lipinski definition) is 4. The van der Waals surface area contributed by atoms with Gasteiger partial charge in [0.05, 0.1) is 7.11 Å². The first-order valence-corrected chi connectivity index (χ1v) is 12.4. The molecule has 0 aromatic heterocycles. The fourth-order valence-corrected chi connectivity index (χ4v) is 6.41. The van der Waals surface area contributed by atoms with Crippen LogP contribution in [-0.2, 0) is 16.4 Å². The summed E-state index contributed by atoms with van der Waals surface area (Å²) in [6.07, 6.45) is 3.48. The Morgan fingerprint density at radius 2 is 1.83 bits per heavy atom. The smallest absolute Gasteiger partial charge is 0.258 e. The lowest BCUT2D eigenvalue weighted by Gasteiger charge is -2.27. The van der Waals surface area contributed by atoms with Gasteiger partial charge in [-0.2, -0.15) is 4.31 Å². The standard InChI is InChI=1S/C22H25BrN2O4S/c1-15-12-17-13-18(23)7-8-19(17)25(15)22(26)16-6-9-20(29-2)21(14-16)30(27,28)24-10-4-3-5-11-24/h6-9,13-15H,3-5,10-12H2,1-2H3/t15-/m0/s1. The van der Waals surface area contributed by atoms with Gasteiger partial charge in [0.15, 0.2) is 0 Å².